The van der Waals surface area contributed by atoms with E-state index in [1.54, 1.807) is 45.0 Å². The molecule has 21 heavy (non-hydrogen) atoms. The van der Waals surface area contributed by atoms with Crippen LogP contribution in [0.2, 0.25) is 0 Å². The second-order valence-corrected chi connectivity index (χ2v) is 7.76. The van der Waals surface area contributed by atoms with Crippen molar-refractivity contribution in [2.75, 3.05) is 10.8 Å². The first-order valence-electron chi connectivity index (χ1n) is 6.75. The lowest BCUT2D eigenvalue weighted by Crippen LogP contribution is -2.51. The van der Waals surface area contributed by atoms with Gasteiger partial charge in [0.25, 0.3) is 0 Å². The van der Waals surface area contributed by atoms with Crippen molar-refractivity contribution in [2.24, 2.45) is 0 Å². The quantitative estimate of drug-likeness (QED) is 0.889. The number of carboxylic acids is 1. The Labute approximate surface area is 125 Å². The molecule has 1 unspecified atom stereocenters. The maximum absolute atomic E-state index is 12.5. The second-order valence-electron chi connectivity index (χ2n) is 6.17. The average Bonchev–Trinajstić information content (AvgIpc) is 2.34. The highest BCUT2D eigenvalue weighted by Crippen LogP contribution is 2.36. The third-order valence-electron chi connectivity index (χ3n) is 3.23. The van der Waals surface area contributed by atoms with E-state index in [0.717, 1.165) is 0 Å². The minimum atomic E-state index is -3.71. The van der Waals surface area contributed by atoms with Gasteiger partial charge in [-0.25, -0.2) is 0 Å². The van der Waals surface area contributed by atoms with Crippen molar-refractivity contribution in [1.82, 2.24) is 4.72 Å². The summed E-state index contributed by atoms with van der Waals surface area (Å²) in [5, 5.41) is 9.28. The number of hydrogen-bond acceptors (Lipinski definition) is 3. The van der Waals surface area contributed by atoms with Crippen molar-refractivity contribution in [3.63, 3.8) is 0 Å². The first-order valence-corrected chi connectivity index (χ1v) is 8.19. The van der Waals surface area contributed by atoms with Crippen LogP contribution in [0.15, 0.2) is 24.3 Å². The van der Waals surface area contributed by atoms with E-state index in [1.807, 2.05) is 0 Å². The Balaban J connectivity index is 2.44. The van der Waals surface area contributed by atoms with Gasteiger partial charge in [0.15, 0.2) is 0 Å². The number of carbonyl (C=O) groups is 1. The Morgan fingerprint density at radius 1 is 1.33 bits per heavy atom. The number of nitrogens with one attached hydrogen (secondary N) is 1. The SMILES string of the molecule is CC(C)(C)NS(=O)(=O)N1CCC(C(=O)O)c2ccccc21. The van der Waals surface area contributed by atoms with Crippen LogP contribution in [0.1, 0.15) is 38.7 Å². The number of para-hydroxylation sites is 1. The van der Waals surface area contributed by atoms with Crippen LogP contribution in [0.5, 0.6) is 0 Å². The molecule has 116 valence electrons. The molecule has 1 aromatic rings. The van der Waals surface area contributed by atoms with E-state index in [0.29, 0.717) is 11.3 Å². The topological polar surface area (TPSA) is 86.7 Å². The molecule has 6 nitrogen and oxygen atoms in total. The smallest absolute Gasteiger partial charge is 0.311 e. The molecule has 0 spiro atoms. The minimum Gasteiger partial charge on any atom is -0.481 e. The van der Waals surface area contributed by atoms with E-state index >= 15 is 0 Å². The Hall–Kier alpha value is -1.60. The van der Waals surface area contributed by atoms with Gasteiger partial charge in [0, 0.05) is 12.1 Å². The highest BCUT2D eigenvalue weighted by atomic mass is 32.2. The number of fused-ring (bicyclic) bond motifs is 1. The van der Waals surface area contributed by atoms with Gasteiger partial charge in [-0.05, 0) is 38.8 Å². The molecule has 0 saturated carbocycles. The lowest BCUT2D eigenvalue weighted by molar-refractivity contribution is -0.139. The minimum absolute atomic E-state index is 0.152. The fraction of sp³-hybridized carbons (Fsp3) is 0.500. The van der Waals surface area contributed by atoms with Gasteiger partial charge in [-0.3, -0.25) is 9.10 Å². The molecule has 0 fully saturated rings. The van der Waals surface area contributed by atoms with E-state index in [1.165, 1.54) is 4.31 Å². The van der Waals surface area contributed by atoms with E-state index in [9.17, 15) is 18.3 Å². The number of aliphatic carboxylic acids is 1. The number of nitrogens with zero attached hydrogens (tertiary/aromatic N) is 1. The molecule has 0 radical (unpaired) electrons. The van der Waals surface area contributed by atoms with Gasteiger partial charge < -0.3 is 5.11 Å². The summed E-state index contributed by atoms with van der Waals surface area (Å²) in [6.45, 7) is 5.45. The van der Waals surface area contributed by atoms with E-state index in [4.69, 9.17) is 0 Å². The summed E-state index contributed by atoms with van der Waals surface area (Å²) in [4.78, 5) is 11.3. The Kier molecular flexibility index (Phi) is 3.99. The van der Waals surface area contributed by atoms with Crippen LogP contribution in [0.4, 0.5) is 5.69 Å². The first-order chi connectivity index (χ1) is 9.62. The molecule has 1 heterocycles. The highest BCUT2D eigenvalue weighted by molar-refractivity contribution is 7.90. The predicted octanol–water partition coefficient (Wildman–Crippen LogP) is 1.70. The number of carboxylic acid groups (broad SMARTS) is 1. The van der Waals surface area contributed by atoms with Gasteiger partial charge in [-0.2, -0.15) is 13.1 Å². The van der Waals surface area contributed by atoms with Gasteiger partial charge in [-0.15, -0.1) is 0 Å². The maximum atomic E-state index is 12.5. The van der Waals surface area contributed by atoms with Crippen LogP contribution in [0.3, 0.4) is 0 Å². The van der Waals surface area contributed by atoms with Crippen LogP contribution in [0.25, 0.3) is 0 Å². The first kappa shape index (κ1) is 15.8. The van der Waals surface area contributed by atoms with Crippen molar-refractivity contribution >= 4 is 21.9 Å². The molecule has 0 aromatic heterocycles. The molecular formula is C14H20N2O4S. The summed E-state index contributed by atoms with van der Waals surface area (Å²) in [6.07, 6.45) is 0.261. The molecule has 1 atom stereocenters. The zero-order chi connectivity index (χ0) is 15.8. The fourth-order valence-electron chi connectivity index (χ4n) is 2.48. The van der Waals surface area contributed by atoms with Crippen molar-refractivity contribution in [3.8, 4) is 0 Å². The lowest BCUT2D eigenvalue weighted by atomic mass is 9.91. The van der Waals surface area contributed by atoms with Crippen molar-refractivity contribution < 1.29 is 18.3 Å². The molecule has 0 bridgehead atoms. The Bertz CT molecular complexity index is 649. The van der Waals surface area contributed by atoms with Crippen LogP contribution >= 0.6 is 0 Å². The number of rotatable bonds is 3. The van der Waals surface area contributed by atoms with Gasteiger partial charge in [-0.1, -0.05) is 18.2 Å². The summed E-state index contributed by atoms with van der Waals surface area (Å²) in [5.74, 6) is -1.59. The molecule has 2 N–H and O–H groups in total. The third kappa shape index (κ3) is 3.36. The largest absolute Gasteiger partial charge is 0.481 e. The highest BCUT2D eigenvalue weighted by Gasteiger charge is 2.36. The third-order valence-corrected chi connectivity index (χ3v) is 5.05. The number of hydrogen-bond donors (Lipinski definition) is 2. The monoisotopic (exact) mass is 312 g/mol. The van der Waals surface area contributed by atoms with Crippen LogP contribution in [0, 0.1) is 0 Å². The van der Waals surface area contributed by atoms with Gasteiger partial charge in [0.1, 0.15) is 0 Å². The van der Waals surface area contributed by atoms with E-state index < -0.39 is 27.6 Å². The van der Waals surface area contributed by atoms with Gasteiger partial charge >= 0.3 is 16.2 Å². The van der Waals surface area contributed by atoms with Crippen molar-refractivity contribution in [2.45, 2.75) is 38.6 Å². The Morgan fingerprint density at radius 2 is 1.95 bits per heavy atom. The lowest BCUT2D eigenvalue weighted by Gasteiger charge is -2.35. The standard InChI is InChI=1S/C14H20N2O4S/c1-14(2,3)15-21(19,20)16-9-8-11(13(17)18)10-6-4-5-7-12(10)16/h4-7,11,15H,8-9H2,1-3H3,(H,17,18). The molecule has 0 amide bonds. The van der Waals surface area contributed by atoms with E-state index in [2.05, 4.69) is 4.72 Å². The maximum Gasteiger partial charge on any atom is 0.311 e. The van der Waals surface area contributed by atoms with Crippen molar-refractivity contribution in [1.29, 1.82) is 0 Å². The molecule has 1 aliphatic rings. The summed E-state index contributed by atoms with van der Waals surface area (Å²) in [7, 11) is -3.71. The van der Waals surface area contributed by atoms with Crippen LogP contribution < -0.4 is 9.03 Å². The molecule has 7 heteroatoms. The van der Waals surface area contributed by atoms with Crippen LogP contribution in [-0.2, 0) is 15.0 Å². The number of benzene rings is 1. The number of anilines is 1. The molecular weight excluding hydrogens is 292 g/mol. The van der Waals surface area contributed by atoms with Crippen molar-refractivity contribution in [3.05, 3.63) is 29.8 Å². The molecule has 1 aliphatic heterocycles. The molecule has 1 aromatic carbocycles. The van der Waals surface area contributed by atoms with E-state index in [-0.39, 0.29) is 13.0 Å². The predicted molar refractivity (Wildman–Crippen MR) is 80.6 cm³/mol. The molecule has 0 saturated heterocycles. The molecule has 0 aliphatic carbocycles. The van der Waals surface area contributed by atoms with Crippen LogP contribution in [-0.4, -0.2) is 31.6 Å². The average molecular weight is 312 g/mol. The molecule has 2 rings (SSSR count). The summed E-state index contributed by atoms with van der Waals surface area (Å²) in [5.41, 5.74) is 0.376. The summed E-state index contributed by atoms with van der Waals surface area (Å²) < 4.78 is 28.9. The second kappa shape index (κ2) is 5.31. The zero-order valence-corrected chi connectivity index (χ0v) is 13.1. The normalized spacial score (nSPS) is 19.2. The fourth-order valence-corrected chi connectivity index (χ4v) is 4.13. The summed E-state index contributed by atoms with van der Waals surface area (Å²) in [6, 6.07) is 6.75. The zero-order valence-electron chi connectivity index (χ0n) is 12.3. The van der Waals surface area contributed by atoms with Gasteiger partial charge in [0.05, 0.1) is 11.6 Å². The van der Waals surface area contributed by atoms with Gasteiger partial charge in [0.2, 0.25) is 0 Å². The Morgan fingerprint density at radius 3 is 2.52 bits per heavy atom. The summed E-state index contributed by atoms with van der Waals surface area (Å²) >= 11 is 0.